The molecule has 0 saturated heterocycles. The zero-order valence-corrected chi connectivity index (χ0v) is 7.73. The van der Waals surface area contributed by atoms with Gasteiger partial charge in [-0.2, -0.15) is 0 Å². The summed E-state index contributed by atoms with van der Waals surface area (Å²) < 4.78 is 2.90. The minimum absolute atomic E-state index is 0.822. The number of H-pyrrole nitrogens is 1. The molecule has 12 heavy (non-hydrogen) atoms. The Kier molecular flexibility index (Phi) is 2.13. The van der Waals surface area contributed by atoms with Crippen molar-refractivity contribution in [3.63, 3.8) is 0 Å². The molecule has 1 aromatic rings. The van der Waals surface area contributed by atoms with E-state index in [0.29, 0.717) is 0 Å². The SMILES string of the molecule is S=c1[nH]ccn1CC1=CCCC1. The summed E-state index contributed by atoms with van der Waals surface area (Å²) in [5, 5.41) is 0. The summed E-state index contributed by atoms with van der Waals surface area (Å²) in [6.07, 6.45) is 10.0. The summed E-state index contributed by atoms with van der Waals surface area (Å²) >= 11 is 5.10. The van der Waals surface area contributed by atoms with E-state index in [-0.39, 0.29) is 0 Å². The van der Waals surface area contributed by atoms with Crippen LogP contribution in [-0.2, 0) is 6.54 Å². The van der Waals surface area contributed by atoms with Crippen LogP contribution >= 0.6 is 12.2 Å². The highest BCUT2D eigenvalue weighted by Crippen LogP contribution is 2.18. The van der Waals surface area contributed by atoms with Gasteiger partial charge in [0.15, 0.2) is 4.77 Å². The standard InChI is InChI=1S/C9H12N2S/c12-9-10-5-6-11(9)7-8-3-1-2-4-8/h3,5-6H,1-2,4,7H2,(H,10,12). The molecule has 1 aromatic heterocycles. The topological polar surface area (TPSA) is 20.7 Å². The van der Waals surface area contributed by atoms with Crippen LogP contribution in [0.4, 0.5) is 0 Å². The highest BCUT2D eigenvalue weighted by atomic mass is 32.1. The molecule has 1 N–H and O–H groups in total. The van der Waals surface area contributed by atoms with Gasteiger partial charge in [-0.1, -0.05) is 11.6 Å². The molecule has 1 aliphatic carbocycles. The predicted molar refractivity (Wildman–Crippen MR) is 51.6 cm³/mol. The summed E-state index contributed by atoms with van der Waals surface area (Å²) in [7, 11) is 0. The fraction of sp³-hybridized carbons (Fsp3) is 0.444. The fourth-order valence-electron chi connectivity index (χ4n) is 1.57. The quantitative estimate of drug-likeness (QED) is 0.548. The van der Waals surface area contributed by atoms with Gasteiger partial charge in [0.25, 0.3) is 0 Å². The van der Waals surface area contributed by atoms with Gasteiger partial charge in [0.05, 0.1) is 0 Å². The van der Waals surface area contributed by atoms with Crippen LogP contribution in [0.3, 0.4) is 0 Å². The van der Waals surface area contributed by atoms with Crippen molar-refractivity contribution in [1.29, 1.82) is 0 Å². The maximum absolute atomic E-state index is 5.10. The molecule has 1 heterocycles. The van der Waals surface area contributed by atoms with Gasteiger partial charge in [0.1, 0.15) is 0 Å². The summed E-state index contributed by atoms with van der Waals surface area (Å²) in [4.78, 5) is 2.99. The lowest BCUT2D eigenvalue weighted by Gasteiger charge is -2.01. The number of nitrogens with zero attached hydrogens (tertiary/aromatic N) is 1. The van der Waals surface area contributed by atoms with E-state index in [9.17, 15) is 0 Å². The number of aromatic amines is 1. The molecule has 0 aliphatic heterocycles. The molecule has 0 amide bonds. The number of nitrogens with one attached hydrogen (secondary N) is 1. The summed E-state index contributed by atoms with van der Waals surface area (Å²) in [5.74, 6) is 0. The van der Waals surface area contributed by atoms with Crippen LogP contribution in [-0.4, -0.2) is 9.55 Å². The summed E-state index contributed by atoms with van der Waals surface area (Å²) in [6, 6.07) is 0. The third-order valence-electron chi connectivity index (χ3n) is 2.23. The van der Waals surface area contributed by atoms with E-state index < -0.39 is 0 Å². The van der Waals surface area contributed by atoms with E-state index in [2.05, 4.69) is 15.6 Å². The van der Waals surface area contributed by atoms with Gasteiger partial charge < -0.3 is 9.55 Å². The second-order valence-corrected chi connectivity index (χ2v) is 3.53. The Morgan fingerprint density at radius 3 is 3.08 bits per heavy atom. The van der Waals surface area contributed by atoms with Crippen LogP contribution in [0.15, 0.2) is 24.0 Å². The fourth-order valence-corrected chi connectivity index (χ4v) is 1.77. The Morgan fingerprint density at radius 2 is 2.50 bits per heavy atom. The normalized spacial score (nSPS) is 16.5. The van der Waals surface area contributed by atoms with Crippen molar-refractivity contribution in [2.45, 2.75) is 25.8 Å². The van der Waals surface area contributed by atoms with E-state index >= 15 is 0 Å². The summed E-state index contributed by atoms with van der Waals surface area (Å²) in [6.45, 7) is 0.975. The smallest absolute Gasteiger partial charge is 0.177 e. The molecule has 0 saturated carbocycles. The molecule has 0 radical (unpaired) electrons. The lowest BCUT2D eigenvalue weighted by molar-refractivity contribution is 0.740. The molecule has 0 spiro atoms. The van der Waals surface area contributed by atoms with Crippen LogP contribution in [0.2, 0.25) is 0 Å². The number of allylic oxidation sites excluding steroid dienone is 2. The first-order valence-corrected chi connectivity index (χ1v) is 4.69. The van der Waals surface area contributed by atoms with Crippen molar-refractivity contribution in [1.82, 2.24) is 9.55 Å². The largest absolute Gasteiger partial charge is 0.337 e. The molecule has 3 heteroatoms. The minimum atomic E-state index is 0.822. The van der Waals surface area contributed by atoms with Crippen molar-refractivity contribution in [2.24, 2.45) is 0 Å². The average Bonchev–Trinajstić information content (AvgIpc) is 2.65. The molecule has 0 bridgehead atoms. The molecule has 2 rings (SSSR count). The first-order valence-electron chi connectivity index (χ1n) is 4.28. The average molecular weight is 180 g/mol. The lowest BCUT2D eigenvalue weighted by atomic mass is 10.2. The van der Waals surface area contributed by atoms with E-state index in [1.54, 1.807) is 0 Å². The van der Waals surface area contributed by atoms with Crippen LogP contribution in [0, 0.1) is 4.77 Å². The Morgan fingerprint density at radius 1 is 1.58 bits per heavy atom. The van der Waals surface area contributed by atoms with Gasteiger partial charge in [-0.25, -0.2) is 0 Å². The predicted octanol–water partition coefficient (Wildman–Crippen LogP) is 2.66. The van der Waals surface area contributed by atoms with Crippen molar-refractivity contribution in [2.75, 3.05) is 0 Å². The van der Waals surface area contributed by atoms with Crippen molar-refractivity contribution >= 4 is 12.2 Å². The number of aromatic nitrogens is 2. The second kappa shape index (κ2) is 3.27. The van der Waals surface area contributed by atoms with Gasteiger partial charge in [-0.05, 0) is 31.5 Å². The maximum atomic E-state index is 5.10. The van der Waals surface area contributed by atoms with E-state index in [1.165, 1.54) is 24.8 Å². The molecule has 0 aromatic carbocycles. The van der Waals surface area contributed by atoms with Gasteiger partial charge in [0, 0.05) is 18.9 Å². The third-order valence-corrected chi connectivity index (χ3v) is 2.58. The number of rotatable bonds is 2. The van der Waals surface area contributed by atoms with Crippen LogP contribution in [0.25, 0.3) is 0 Å². The zero-order valence-electron chi connectivity index (χ0n) is 6.92. The number of hydrogen-bond donors (Lipinski definition) is 1. The van der Waals surface area contributed by atoms with Gasteiger partial charge in [-0.15, -0.1) is 0 Å². The molecule has 2 nitrogen and oxygen atoms in total. The monoisotopic (exact) mass is 180 g/mol. The van der Waals surface area contributed by atoms with Gasteiger partial charge >= 0.3 is 0 Å². The molecule has 0 unspecified atom stereocenters. The Hall–Kier alpha value is -0.830. The number of imidazole rings is 1. The van der Waals surface area contributed by atoms with Crippen molar-refractivity contribution < 1.29 is 0 Å². The first kappa shape index (κ1) is 7.80. The van der Waals surface area contributed by atoms with Gasteiger partial charge in [0.2, 0.25) is 0 Å². The van der Waals surface area contributed by atoms with Gasteiger partial charge in [-0.3, -0.25) is 0 Å². The molecule has 1 aliphatic rings. The molecule has 0 fully saturated rings. The highest BCUT2D eigenvalue weighted by molar-refractivity contribution is 7.71. The molecule has 0 atom stereocenters. The highest BCUT2D eigenvalue weighted by Gasteiger charge is 2.04. The lowest BCUT2D eigenvalue weighted by Crippen LogP contribution is -1.97. The Balaban J connectivity index is 2.13. The third kappa shape index (κ3) is 1.50. The molecule has 64 valence electrons. The second-order valence-electron chi connectivity index (χ2n) is 3.15. The first-order chi connectivity index (χ1) is 5.86. The Labute approximate surface area is 76.9 Å². The number of hydrogen-bond acceptors (Lipinski definition) is 1. The van der Waals surface area contributed by atoms with E-state index in [0.717, 1.165) is 11.3 Å². The van der Waals surface area contributed by atoms with Crippen LogP contribution in [0.5, 0.6) is 0 Å². The molecular formula is C9H12N2S. The minimum Gasteiger partial charge on any atom is -0.337 e. The van der Waals surface area contributed by atoms with Crippen LogP contribution in [0.1, 0.15) is 19.3 Å². The van der Waals surface area contributed by atoms with Crippen LogP contribution < -0.4 is 0 Å². The maximum Gasteiger partial charge on any atom is 0.177 e. The summed E-state index contributed by atoms with van der Waals surface area (Å²) in [5.41, 5.74) is 1.52. The van der Waals surface area contributed by atoms with E-state index in [1.807, 2.05) is 12.4 Å². The van der Waals surface area contributed by atoms with Crippen molar-refractivity contribution in [3.05, 3.63) is 28.8 Å². The van der Waals surface area contributed by atoms with E-state index in [4.69, 9.17) is 12.2 Å². The van der Waals surface area contributed by atoms with Crippen molar-refractivity contribution in [3.8, 4) is 0 Å². The molecular weight excluding hydrogens is 168 g/mol. The zero-order chi connectivity index (χ0) is 8.39. The Bertz CT molecular complexity index is 345.